The summed E-state index contributed by atoms with van der Waals surface area (Å²) in [6, 6.07) is 3.72. The van der Waals surface area contributed by atoms with Gasteiger partial charge in [0.05, 0.1) is 25.6 Å². The topological polar surface area (TPSA) is 34.7 Å². The Labute approximate surface area is 85.9 Å². The molecule has 0 aliphatic heterocycles. The van der Waals surface area contributed by atoms with Gasteiger partial charge >= 0.3 is 0 Å². The van der Waals surface area contributed by atoms with Gasteiger partial charge in [0.1, 0.15) is 5.76 Å². The van der Waals surface area contributed by atoms with Crippen LogP contribution in [0.5, 0.6) is 0 Å². The molecule has 0 bridgehead atoms. The Morgan fingerprint density at radius 1 is 1.50 bits per heavy atom. The van der Waals surface area contributed by atoms with Crippen LogP contribution in [0.3, 0.4) is 0 Å². The molecule has 0 aliphatic rings. The smallest absolute Gasteiger partial charge is 0.183 e. The molecule has 1 heterocycles. The molecule has 78 valence electrons. The summed E-state index contributed by atoms with van der Waals surface area (Å²) in [7, 11) is -1.37. The van der Waals surface area contributed by atoms with Crippen LogP contribution >= 0.6 is 0 Å². The van der Waals surface area contributed by atoms with Gasteiger partial charge in [0.15, 0.2) is 8.32 Å². The van der Waals surface area contributed by atoms with Gasteiger partial charge in [-0.25, -0.2) is 0 Å². The standard InChI is InChI=1S/C10H17NO2Si/c1-14(2,3)13-8-6-11-9-10-5-4-7-12-10/h4-5,7,9H,6,8H2,1-3H3. The number of hydrogen-bond donors (Lipinski definition) is 0. The summed E-state index contributed by atoms with van der Waals surface area (Å²) in [4.78, 5) is 4.20. The van der Waals surface area contributed by atoms with Crippen LogP contribution in [-0.4, -0.2) is 27.7 Å². The molecule has 3 nitrogen and oxygen atoms in total. The summed E-state index contributed by atoms with van der Waals surface area (Å²) in [5.74, 6) is 0.790. The molecule has 0 spiro atoms. The molecule has 0 radical (unpaired) electrons. The summed E-state index contributed by atoms with van der Waals surface area (Å²) in [6.07, 6.45) is 3.37. The second-order valence-corrected chi connectivity index (χ2v) is 8.52. The molecule has 0 amide bonds. The van der Waals surface area contributed by atoms with Gasteiger partial charge in [-0.15, -0.1) is 0 Å². The van der Waals surface area contributed by atoms with Gasteiger partial charge in [-0.2, -0.15) is 0 Å². The lowest BCUT2D eigenvalue weighted by Crippen LogP contribution is -2.26. The predicted octanol–water partition coefficient (Wildman–Crippen LogP) is 2.55. The molecule has 0 fully saturated rings. The number of nitrogens with zero attached hydrogens (tertiary/aromatic N) is 1. The van der Waals surface area contributed by atoms with Crippen LogP contribution in [0, 0.1) is 0 Å². The highest BCUT2D eigenvalue weighted by molar-refractivity contribution is 6.69. The zero-order valence-electron chi connectivity index (χ0n) is 8.99. The van der Waals surface area contributed by atoms with Gasteiger partial charge < -0.3 is 8.84 Å². The normalized spacial score (nSPS) is 12.5. The van der Waals surface area contributed by atoms with Crippen molar-refractivity contribution < 1.29 is 8.84 Å². The molecule has 4 heteroatoms. The van der Waals surface area contributed by atoms with Crippen LogP contribution in [0.4, 0.5) is 0 Å². The Balaban J connectivity index is 2.16. The van der Waals surface area contributed by atoms with Crippen LogP contribution < -0.4 is 0 Å². The fraction of sp³-hybridized carbons (Fsp3) is 0.500. The van der Waals surface area contributed by atoms with E-state index >= 15 is 0 Å². The fourth-order valence-electron chi connectivity index (χ4n) is 0.924. The molecule has 0 atom stereocenters. The highest BCUT2D eigenvalue weighted by atomic mass is 28.4. The van der Waals surface area contributed by atoms with Crippen molar-refractivity contribution in [1.29, 1.82) is 0 Å². The summed E-state index contributed by atoms with van der Waals surface area (Å²) >= 11 is 0. The minimum absolute atomic E-state index is 0.699. The first-order chi connectivity index (χ1) is 6.58. The largest absolute Gasteiger partial charge is 0.463 e. The second-order valence-electron chi connectivity index (χ2n) is 4.01. The molecule has 0 saturated carbocycles. The van der Waals surface area contributed by atoms with Gasteiger partial charge in [0.25, 0.3) is 0 Å². The molecule has 1 aromatic heterocycles. The Bertz CT molecular complexity index is 275. The molecule has 0 N–H and O–H groups in total. The SMILES string of the molecule is C[Si](C)(C)OCCN=Cc1ccco1. The predicted molar refractivity (Wildman–Crippen MR) is 60.5 cm³/mol. The lowest BCUT2D eigenvalue weighted by Gasteiger charge is -2.15. The molecule has 0 aromatic carbocycles. The Hall–Kier alpha value is -0.873. The average Bonchev–Trinajstić information content (AvgIpc) is 2.54. The van der Waals surface area contributed by atoms with E-state index in [4.69, 9.17) is 8.84 Å². The van der Waals surface area contributed by atoms with E-state index in [1.165, 1.54) is 0 Å². The van der Waals surface area contributed by atoms with Gasteiger partial charge in [-0.1, -0.05) is 0 Å². The van der Waals surface area contributed by atoms with Crippen molar-refractivity contribution in [1.82, 2.24) is 0 Å². The summed E-state index contributed by atoms with van der Waals surface area (Å²) < 4.78 is 10.7. The highest BCUT2D eigenvalue weighted by Crippen LogP contribution is 2.01. The Kier molecular flexibility index (Phi) is 4.10. The van der Waals surface area contributed by atoms with Gasteiger partial charge in [0.2, 0.25) is 0 Å². The van der Waals surface area contributed by atoms with Crippen molar-refractivity contribution in [2.75, 3.05) is 13.2 Å². The molecular weight excluding hydrogens is 194 g/mol. The van der Waals surface area contributed by atoms with Crippen molar-refractivity contribution in [2.24, 2.45) is 4.99 Å². The minimum atomic E-state index is -1.37. The maximum Gasteiger partial charge on any atom is 0.183 e. The molecule has 1 aromatic rings. The van der Waals surface area contributed by atoms with E-state index in [0.29, 0.717) is 13.2 Å². The van der Waals surface area contributed by atoms with Gasteiger partial charge in [0, 0.05) is 0 Å². The maximum atomic E-state index is 5.64. The Morgan fingerprint density at radius 2 is 2.29 bits per heavy atom. The minimum Gasteiger partial charge on any atom is -0.463 e. The maximum absolute atomic E-state index is 5.64. The van der Waals surface area contributed by atoms with E-state index in [1.807, 2.05) is 12.1 Å². The van der Waals surface area contributed by atoms with Crippen molar-refractivity contribution in [3.05, 3.63) is 24.2 Å². The first kappa shape index (κ1) is 11.2. The van der Waals surface area contributed by atoms with Crippen molar-refractivity contribution in [3.63, 3.8) is 0 Å². The first-order valence-corrected chi connectivity index (χ1v) is 8.16. The van der Waals surface area contributed by atoms with Gasteiger partial charge in [-0.3, -0.25) is 4.99 Å². The van der Waals surface area contributed by atoms with Crippen LogP contribution in [-0.2, 0) is 4.43 Å². The molecule has 14 heavy (non-hydrogen) atoms. The third kappa shape index (κ3) is 4.99. The third-order valence-corrected chi connectivity index (χ3v) is 2.59. The Morgan fingerprint density at radius 3 is 2.86 bits per heavy atom. The third-order valence-electron chi connectivity index (χ3n) is 1.52. The van der Waals surface area contributed by atoms with Crippen LogP contribution in [0.25, 0.3) is 0 Å². The summed E-state index contributed by atoms with van der Waals surface area (Å²) in [5, 5.41) is 0. The zero-order chi connectivity index (χ0) is 10.4. The van der Waals surface area contributed by atoms with E-state index < -0.39 is 8.32 Å². The molecule has 1 rings (SSSR count). The average molecular weight is 211 g/mol. The molecule has 0 unspecified atom stereocenters. The van der Waals surface area contributed by atoms with Crippen molar-refractivity contribution in [3.8, 4) is 0 Å². The summed E-state index contributed by atoms with van der Waals surface area (Å²) in [6.45, 7) is 7.91. The van der Waals surface area contributed by atoms with Crippen LogP contribution in [0.2, 0.25) is 19.6 Å². The molecule has 0 aliphatic carbocycles. The zero-order valence-corrected chi connectivity index (χ0v) is 9.99. The molecule has 0 saturated heterocycles. The fourth-order valence-corrected chi connectivity index (χ4v) is 1.63. The van der Waals surface area contributed by atoms with Crippen molar-refractivity contribution >= 4 is 14.5 Å². The van der Waals surface area contributed by atoms with E-state index in [1.54, 1.807) is 12.5 Å². The van der Waals surface area contributed by atoms with Crippen molar-refractivity contribution in [2.45, 2.75) is 19.6 Å². The van der Waals surface area contributed by atoms with Crippen LogP contribution in [0.1, 0.15) is 5.76 Å². The lowest BCUT2D eigenvalue weighted by atomic mass is 10.5. The number of furan rings is 1. The van der Waals surface area contributed by atoms with E-state index in [2.05, 4.69) is 24.6 Å². The lowest BCUT2D eigenvalue weighted by molar-refractivity contribution is 0.323. The van der Waals surface area contributed by atoms with E-state index in [9.17, 15) is 0 Å². The highest BCUT2D eigenvalue weighted by Gasteiger charge is 2.12. The van der Waals surface area contributed by atoms with Crippen LogP contribution in [0.15, 0.2) is 27.8 Å². The van der Waals surface area contributed by atoms with E-state index in [-0.39, 0.29) is 0 Å². The summed E-state index contributed by atoms with van der Waals surface area (Å²) in [5.41, 5.74) is 0. The first-order valence-electron chi connectivity index (χ1n) is 4.75. The number of hydrogen-bond acceptors (Lipinski definition) is 3. The van der Waals surface area contributed by atoms with E-state index in [0.717, 1.165) is 5.76 Å². The quantitative estimate of drug-likeness (QED) is 0.426. The van der Waals surface area contributed by atoms with Gasteiger partial charge in [-0.05, 0) is 31.8 Å². The monoisotopic (exact) mass is 211 g/mol. The number of rotatable bonds is 5. The second kappa shape index (κ2) is 5.12. The number of aliphatic imine (C=N–C) groups is 1. The molecular formula is C10H17NO2Si.